The summed E-state index contributed by atoms with van der Waals surface area (Å²) in [4.78, 5) is 11.9. The van der Waals surface area contributed by atoms with E-state index in [2.05, 4.69) is 15.0 Å². The van der Waals surface area contributed by atoms with Crippen LogP contribution in [0.1, 0.15) is 0 Å². The van der Waals surface area contributed by atoms with Gasteiger partial charge in [0.15, 0.2) is 5.82 Å². The first-order valence-electron chi connectivity index (χ1n) is 3.77. The van der Waals surface area contributed by atoms with Crippen molar-refractivity contribution >= 4 is 0 Å². The van der Waals surface area contributed by atoms with Crippen molar-refractivity contribution in [3.8, 4) is 17.1 Å². The first-order chi connectivity index (χ1) is 6.36. The number of hydrogen-bond donors (Lipinski definition) is 1. The third kappa shape index (κ3) is 1.61. The van der Waals surface area contributed by atoms with E-state index >= 15 is 0 Å². The maximum atomic E-state index is 9.16. The maximum Gasteiger partial charge on any atom is 0.160 e. The fourth-order valence-corrected chi connectivity index (χ4v) is 0.998. The lowest BCUT2D eigenvalue weighted by Gasteiger charge is -1.97. The lowest BCUT2D eigenvalue weighted by Crippen LogP contribution is -1.86. The molecule has 0 aromatic carbocycles. The van der Waals surface area contributed by atoms with Crippen molar-refractivity contribution in [3.63, 3.8) is 0 Å². The van der Waals surface area contributed by atoms with Gasteiger partial charge in [0.1, 0.15) is 5.75 Å². The van der Waals surface area contributed by atoms with Crippen LogP contribution in [0, 0.1) is 0 Å². The second-order valence-electron chi connectivity index (χ2n) is 2.50. The van der Waals surface area contributed by atoms with Crippen LogP contribution in [0.15, 0.2) is 36.9 Å². The third-order valence-corrected chi connectivity index (χ3v) is 1.55. The molecule has 0 saturated heterocycles. The van der Waals surface area contributed by atoms with Crippen molar-refractivity contribution in [1.82, 2.24) is 15.0 Å². The van der Waals surface area contributed by atoms with Crippen molar-refractivity contribution in [2.45, 2.75) is 0 Å². The van der Waals surface area contributed by atoms with Gasteiger partial charge in [-0.3, -0.25) is 4.98 Å². The molecule has 0 radical (unpaired) electrons. The number of aromatic hydroxyl groups is 1. The van der Waals surface area contributed by atoms with Gasteiger partial charge in [0.05, 0.1) is 6.20 Å². The molecule has 2 heterocycles. The third-order valence-electron chi connectivity index (χ3n) is 1.55. The van der Waals surface area contributed by atoms with Gasteiger partial charge < -0.3 is 5.11 Å². The molecule has 0 amide bonds. The Bertz CT molecular complexity index is 403. The Morgan fingerprint density at radius 2 is 1.85 bits per heavy atom. The van der Waals surface area contributed by atoms with Crippen LogP contribution in [0.2, 0.25) is 0 Å². The summed E-state index contributed by atoms with van der Waals surface area (Å²) in [5.74, 6) is 0.677. The van der Waals surface area contributed by atoms with E-state index in [1.54, 1.807) is 30.7 Å². The summed E-state index contributed by atoms with van der Waals surface area (Å²) in [7, 11) is 0. The van der Waals surface area contributed by atoms with E-state index in [-0.39, 0.29) is 5.75 Å². The van der Waals surface area contributed by atoms with Crippen LogP contribution in [0.5, 0.6) is 5.75 Å². The zero-order valence-corrected chi connectivity index (χ0v) is 6.75. The summed E-state index contributed by atoms with van der Waals surface area (Å²) in [5, 5.41) is 9.16. The van der Waals surface area contributed by atoms with Gasteiger partial charge in [0, 0.05) is 24.2 Å². The lowest BCUT2D eigenvalue weighted by molar-refractivity contribution is 0.473. The molecule has 0 atom stereocenters. The fraction of sp³-hybridized carbons (Fsp3) is 0. The van der Waals surface area contributed by atoms with E-state index in [1.807, 2.05) is 0 Å². The van der Waals surface area contributed by atoms with Crippen LogP contribution in [0.3, 0.4) is 0 Å². The standard InChI is InChI=1S/C9H7N3O/c13-8-4-7(5-10-6-8)9-11-2-1-3-12-9/h1-6,13H. The highest BCUT2D eigenvalue weighted by molar-refractivity contribution is 5.54. The molecule has 0 bridgehead atoms. The SMILES string of the molecule is Oc1cncc(-c2ncccn2)c1. The summed E-state index contributed by atoms with van der Waals surface area (Å²) in [6.07, 6.45) is 6.26. The number of pyridine rings is 1. The monoisotopic (exact) mass is 173 g/mol. The van der Waals surface area contributed by atoms with Gasteiger partial charge in [-0.25, -0.2) is 9.97 Å². The van der Waals surface area contributed by atoms with Crippen molar-refractivity contribution in [3.05, 3.63) is 36.9 Å². The highest BCUT2D eigenvalue weighted by Gasteiger charge is 2.00. The molecule has 4 nitrogen and oxygen atoms in total. The summed E-state index contributed by atoms with van der Waals surface area (Å²) < 4.78 is 0. The maximum absolute atomic E-state index is 9.16. The molecule has 13 heavy (non-hydrogen) atoms. The van der Waals surface area contributed by atoms with E-state index in [0.29, 0.717) is 11.4 Å². The molecule has 0 aliphatic heterocycles. The van der Waals surface area contributed by atoms with Gasteiger partial charge >= 0.3 is 0 Å². The van der Waals surface area contributed by atoms with Crippen molar-refractivity contribution in [2.75, 3.05) is 0 Å². The molecular formula is C9H7N3O. The zero-order valence-electron chi connectivity index (χ0n) is 6.75. The zero-order chi connectivity index (χ0) is 9.10. The summed E-state index contributed by atoms with van der Waals surface area (Å²) >= 11 is 0. The predicted molar refractivity (Wildman–Crippen MR) is 46.9 cm³/mol. The Kier molecular flexibility index (Phi) is 1.88. The molecule has 64 valence electrons. The predicted octanol–water partition coefficient (Wildman–Crippen LogP) is 1.24. The fourth-order valence-electron chi connectivity index (χ4n) is 0.998. The molecule has 4 heteroatoms. The molecule has 0 fully saturated rings. The Morgan fingerprint density at radius 1 is 1.08 bits per heavy atom. The van der Waals surface area contributed by atoms with Crippen LogP contribution in [0.4, 0.5) is 0 Å². The number of aromatic nitrogens is 3. The first kappa shape index (κ1) is 7.67. The summed E-state index contributed by atoms with van der Waals surface area (Å²) in [6.45, 7) is 0. The van der Waals surface area contributed by atoms with Gasteiger partial charge in [-0.05, 0) is 12.1 Å². The average Bonchev–Trinajstić information content (AvgIpc) is 2.19. The molecule has 0 saturated carbocycles. The molecule has 0 aliphatic carbocycles. The van der Waals surface area contributed by atoms with E-state index in [4.69, 9.17) is 5.11 Å². The van der Waals surface area contributed by atoms with Gasteiger partial charge in [0.25, 0.3) is 0 Å². The van der Waals surface area contributed by atoms with Crippen molar-refractivity contribution in [1.29, 1.82) is 0 Å². The molecular weight excluding hydrogens is 166 g/mol. The average molecular weight is 173 g/mol. The number of hydrogen-bond acceptors (Lipinski definition) is 4. The van der Waals surface area contributed by atoms with Crippen LogP contribution >= 0.6 is 0 Å². The highest BCUT2D eigenvalue weighted by atomic mass is 16.3. The van der Waals surface area contributed by atoms with Gasteiger partial charge in [-0.15, -0.1) is 0 Å². The molecule has 0 aliphatic rings. The van der Waals surface area contributed by atoms with Crippen LogP contribution in [-0.2, 0) is 0 Å². The molecule has 2 aromatic heterocycles. The smallest absolute Gasteiger partial charge is 0.160 e. The Balaban J connectivity index is 2.48. The van der Waals surface area contributed by atoms with E-state index in [1.165, 1.54) is 6.20 Å². The Hall–Kier alpha value is -1.97. The molecule has 1 N–H and O–H groups in total. The first-order valence-corrected chi connectivity index (χ1v) is 3.77. The molecule has 2 aromatic rings. The minimum Gasteiger partial charge on any atom is -0.506 e. The number of rotatable bonds is 1. The topological polar surface area (TPSA) is 58.9 Å². The minimum atomic E-state index is 0.116. The quantitative estimate of drug-likeness (QED) is 0.704. The number of nitrogens with zero attached hydrogens (tertiary/aromatic N) is 3. The lowest BCUT2D eigenvalue weighted by atomic mass is 10.2. The molecule has 0 unspecified atom stereocenters. The second-order valence-corrected chi connectivity index (χ2v) is 2.50. The van der Waals surface area contributed by atoms with Crippen LogP contribution in [-0.4, -0.2) is 20.1 Å². The van der Waals surface area contributed by atoms with E-state index < -0.39 is 0 Å². The highest BCUT2D eigenvalue weighted by Crippen LogP contribution is 2.16. The Morgan fingerprint density at radius 3 is 2.54 bits per heavy atom. The van der Waals surface area contributed by atoms with Gasteiger partial charge in [-0.1, -0.05) is 0 Å². The largest absolute Gasteiger partial charge is 0.506 e. The molecule has 2 rings (SSSR count). The van der Waals surface area contributed by atoms with E-state index in [9.17, 15) is 0 Å². The summed E-state index contributed by atoms with van der Waals surface area (Å²) in [5.41, 5.74) is 0.709. The normalized spacial score (nSPS) is 9.85. The van der Waals surface area contributed by atoms with Gasteiger partial charge in [-0.2, -0.15) is 0 Å². The Labute approximate surface area is 74.9 Å². The van der Waals surface area contributed by atoms with Gasteiger partial charge in [0.2, 0.25) is 0 Å². The summed E-state index contributed by atoms with van der Waals surface area (Å²) in [6, 6.07) is 3.31. The van der Waals surface area contributed by atoms with Crippen LogP contribution in [0.25, 0.3) is 11.4 Å². The second kappa shape index (κ2) is 3.18. The molecule has 0 spiro atoms. The van der Waals surface area contributed by atoms with E-state index in [0.717, 1.165) is 0 Å². The minimum absolute atomic E-state index is 0.116. The van der Waals surface area contributed by atoms with Crippen LogP contribution < -0.4 is 0 Å². The van der Waals surface area contributed by atoms with Crippen molar-refractivity contribution in [2.24, 2.45) is 0 Å². The van der Waals surface area contributed by atoms with Crippen molar-refractivity contribution < 1.29 is 5.11 Å².